The van der Waals surface area contributed by atoms with Crippen molar-refractivity contribution in [3.8, 4) is 5.75 Å². The number of piperidine rings is 1. The predicted octanol–water partition coefficient (Wildman–Crippen LogP) is 2.03. The van der Waals surface area contributed by atoms with E-state index in [1.165, 1.54) is 5.56 Å². The summed E-state index contributed by atoms with van der Waals surface area (Å²) in [5, 5.41) is 7.70. The van der Waals surface area contributed by atoms with Crippen molar-refractivity contribution in [2.45, 2.75) is 32.3 Å². The van der Waals surface area contributed by atoms with Gasteiger partial charge in [0.05, 0.1) is 5.84 Å². The van der Waals surface area contributed by atoms with Gasteiger partial charge in [0, 0.05) is 18.4 Å². The maximum Gasteiger partial charge on any atom is 0.123 e. The fourth-order valence-corrected chi connectivity index (χ4v) is 3.14. The van der Waals surface area contributed by atoms with E-state index in [4.69, 9.17) is 15.9 Å². The molecule has 0 aliphatic carbocycles. The molecule has 1 unspecified atom stereocenters. The molecule has 2 heterocycles. The van der Waals surface area contributed by atoms with E-state index in [9.17, 15) is 0 Å². The van der Waals surface area contributed by atoms with Gasteiger partial charge in [0.15, 0.2) is 0 Å². The van der Waals surface area contributed by atoms with E-state index in [-0.39, 0.29) is 11.5 Å². The molecule has 1 saturated heterocycles. The monoisotopic (exact) mass is 273 g/mol. The SMILES string of the molecule is CC1(C(=N)N)CCN(CC2Cc3ccccc3O2)CC1. The van der Waals surface area contributed by atoms with Gasteiger partial charge in [-0.1, -0.05) is 25.1 Å². The number of hydrogen-bond acceptors (Lipinski definition) is 3. The lowest BCUT2D eigenvalue weighted by molar-refractivity contribution is 0.106. The van der Waals surface area contributed by atoms with Gasteiger partial charge in [0.25, 0.3) is 0 Å². The van der Waals surface area contributed by atoms with Crippen molar-refractivity contribution >= 4 is 5.84 Å². The van der Waals surface area contributed by atoms with Crippen LogP contribution in [0.5, 0.6) is 5.75 Å². The first-order valence-electron chi connectivity index (χ1n) is 7.38. The van der Waals surface area contributed by atoms with Crippen LogP contribution in [0.25, 0.3) is 0 Å². The number of hydrogen-bond donors (Lipinski definition) is 2. The fraction of sp³-hybridized carbons (Fsp3) is 0.562. The molecule has 3 rings (SSSR count). The Bertz CT molecular complexity index is 481. The van der Waals surface area contributed by atoms with Crippen LogP contribution in [0.2, 0.25) is 0 Å². The molecule has 20 heavy (non-hydrogen) atoms. The summed E-state index contributed by atoms with van der Waals surface area (Å²) in [7, 11) is 0. The van der Waals surface area contributed by atoms with Crippen molar-refractivity contribution in [2.75, 3.05) is 19.6 Å². The number of likely N-dealkylation sites (tertiary alicyclic amines) is 1. The largest absolute Gasteiger partial charge is 0.488 e. The number of benzene rings is 1. The van der Waals surface area contributed by atoms with Gasteiger partial charge in [0.2, 0.25) is 0 Å². The van der Waals surface area contributed by atoms with Crippen LogP contribution >= 0.6 is 0 Å². The number of rotatable bonds is 3. The molecular weight excluding hydrogens is 250 g/mol. The molecule has 4 nitrogen and oxygen atoms in total. The smallest absolute Gasteiger partial charge is 0.123 e. The van der Waals surface area contributed by atoms with Crippen LogP contribution in [0.4, 0.5) is 0 Å². The van der Waals surface area contributed by atoms with Gasteiger partial charge in [-0.15, -0.1) is 0 Å². The Labute approximate surface area is 120 Å². The summed E-state index contributed by atoms with van der Waals surface area (Å²) in [5.41, 5.74) is 6.93. The Kier molecular flexibility index (Phi) is 3.42. The number of nitrogens with one attached hydrogen (secondary N) is 1. The Morgan fingerprint density at radius 1 is 1.40 bits per heavy atom. The van der Waals surface area contributed by atoms with E-state index in [2.05, 4.69) is 30.0 Å². The van der Waals surface area contributed by atoms with Crippen LogP contribution in [-0.4, -0.2) is 36.5 Å². The summed E-state index contributed by atoms with van der Waals surface area (Å²) in [6, 6.07) is 8.31. The minimum Gasteiger partial charge on any atom is -0.488 e. The molecule has 3 N–H and O–H groups in total. The standard InChI is InChI=1S/C16H23N3O/c1-16(15(17)18)6-8-19(9-7-16)11-13-10-12-4-2-3-5-14(12)20-13/h2-5,13H,6-11H2,1H3,(H3,17,18). The average Bonchev–Trinajstić information content (AvgIpc) is 2.83. The number of nitrogens with two attached hydrogens (primary N) is 1. The van der Waals surface area contributed by atoms with Gasteiger partial charge in [-0.3, -0.25) is 10.3 Å². The van der Waals surface area contributed by atoms with Gasteiger partial charge in [-0.2, -0.15) is 0 Å². The second kappa shape index (κ2) is 5.09. The molecule has 0 amide bonds. The van der Waals surface area contributed by atoms with E-state index in [1.54, 1.807) is 0 Å². The van der Waals surface area contributed by atoms with Crippen molar-refractivity contribution in [3.63, 3.8) is 0 Å². The normalized spacial score (nSPS) is 24.9. The maximum atomic E-state index is 7.70. The van der Waals surface area contributed by atoms with Crippen molar-refractivity contribution in [3.05, 3.63) is 29.8 Å². The average molecular weight is 273 g/mol. The zero-order valence-electron chi connectivity index (χ0n) is 12.1. The first-order valence-corrected chi connectivity index (χ1v) is 7.38. The van der Waals surface area contributed by atoms with E-state index in [0.29, 0.717) is 5.84 Å². The highest BCUT2D eigenvalue weighted by molar-refractivity contribution is 5.83. The molecule has 0 aromatic heterocycles. The third kappa shape index (κ3) is 2.52. The molecule has 0 radical (unpaired) electrons. The number of para-hydroxylation sites is 1. The second-order valence-corrected chi connectivity index (χ2v) is 6.33. The molecule has 1 aromatic carbocycles. The Morgan fingerprint density at radius 3 is 2.75 bits per heavy atom. The molecule has 108 valence electrons. The van der Waals surface area contributed by atoms with Gasteiger partial charge in [-0.05, 0) is 37.6 Å². The lowest BCUT2D eigenvalue weighted by Gasteiger charge is -2.39. The second-order valence-electron chi connectivity index (χ2n) is 6.33. The fourth-order valence-electron chi connectivity index (χ4n) is 3.14. The van der Waals surface area contributed by atoms with E-state index in [0.717, 1.165) is 44.6 Å². The highest BCUT2D eigenvalue weighted by Gasteiger charge is 2.34. The quantitative estimate of drug-likeness (QED) is 0.654. The zero-order chi connectivity index (χ0) is 14.2. The summed E-state index contributed by atoms with van der Waals surface area (Å²) in [6.45, 7) is 5.09. The van der Waals surface area contributed by atoms with Gasteiger partial charge in [0.1, 0.15) is 11.9 Å². The third-order valence-electron chi connectivity index (χ3n) is 4.79. The van der Waals surface area contributed by atoms with Crippen molar-refractivity contribution in [2.24, 2.45) is 11.1 Å². The molecule has 4 heteroatoms. The van der Waals surface area contributed by atoms with Crippen LogP contribution in [0.1, 0.15) is 25.3 Å². The molecular formula is C16H23N3O. The number of fused-ring (bicyclic) bond motifs is 1. The Hall–Kier alpha value is -1.55. The highest BCUT2D eigenvalue weighted by Crippen LogP contribution is 2.32. The lowest BCUT2D eigenvalue weighted by Crippen LogP contribution is -2.47. The molecule has 1 fully saturated rings. The summed E-state index contributed by atoms with van der Waals surface area (Å²) >= 11 is 0. The number of amidine groups is 1. The lowest BCUT2D eigenvalue weighted by atomic mass is 9.79. The van der Waals surface area contributed by atoms with E-state index < -0.39 is 0 Å². The summed E-state index contributed by atoms with van der Waals surface area (Å²) in [6.07, 6.45) is 3.23. The molecule has 1 aromatic rings. The molecule has 1 atom stereocenters. The van der Waals surface area contributed by atoms with Crippen LogP contribution in [0.3, 0.4) is 0 Å². The van der Waals surface area contributed by atoms with Crippen molar-refractivity contribution < 1.29 is 4.74 Å². The minimum atomic E-state index is -0.101. The molecule has 0 bridgehead atoms. The first kappa shape index (κ1) is 13.4. The Balaban J connectivity index is 1.53. The molecule has 0 spiro atoms. The van der Waals surface area contributed by atoms with Crippen LogP contribution in [0, 0.1) is 10.8 Å². The number of ether oxygens (including phenoxy) is 1. The zero-order valence-corrected chi connectivity index (χ0v) is 12.1. The van der Waals surface area contributed by atoms with Crippen LogP contribution in [-0.2, 0) is 6.42 Å². The summed E-state index contributed by atoms with van der Waals surface area (Å²) < 4.78 is 6.00. The molecule has 0 saturated carbocycles. The van der Waals surface area contributed by atoms with Gasteiger partial charge < -0.3 is 10.5 Å². The van der Waals surface area contributed by atoms with Crippen molar-refractivity contribution in [1.82, 2.24) is 4.90 Å². The molecule has 2 aliphatic rings. The molecule has 2 aliphatic heterocycles. The first-order chi connectivity index (χ1) is 9.57. The van der Waals surface area contributed by atoms with Gasteiger partial charge in [-0.25, -0.2) is 0 Å². The minimum absolute atomic E-state index is 0.101. The number of nitrogens with zero attached hydrogens (tertiary/aromatic N) is 1. The van der Waals surface area contributed by atoms with Crippen LogP contribution < -0.4 is 10.5 Å². The summed E-state index contributed by atoms with van der Waals surface area (Å²) in [5.74, 6) is 1.38. The Morgan fingerprint density at radius 2 is 2.10 bits per heavy atom. The topological polar surface area (TPSA) is 62.3 Å². The predicted molar refractivity (Wildman–Crippen MR) is 80.3 cm³/mol. The van der Waals surface area contributed by atoms with E-state index >= 15 is 0 Å². The van der Waals surface area contributed by atoms with Crippen molar-refractivity contribution in [1.29, 1.82) is 5.41 Å². The van der Waals surface area contributed by atoms with E-state index in [1.807, 2.05) is 6.07 Å². The highest BCUT2D eigenvalue weighted by atomic mass is 16.5. The van der Waals surface area contributed by atoms with Crippen LogP contribution in [0.15, 0.2) is 24.3 Å². The third-order valence-corrected chi connectivity index (χ3v) is 4.79. The van der Waals surface area contributed by atoms with Gasteiger partial charge >= 0.3 is 0 Å². The maximum absolute atomic E-state index is 7.70. The summed E-state index contributed by atoms with van der Waals surface area (Å²) in [4.78, 5) is 2.45.